The van der Waals surface area contributed by atoms with Crippen LogP contribution in [0.25, 0.3) is 0 Å². The first kappa shape index (κ1) is 17.0. The summed E-state index contributed by atoms with van der Waals surface area (Å²) in [6.07, 6.45) is 3.48. The van der Waals surface area contributed by atoms with E-state index in [1.54, 1.807) is 29.4 Å². The Morgan fingerprint density at radius 1 is 1.39 bits per heavy atom. The molecule has 0 radical (unpaired) electrons. The van der Waals surface area contributed by atoms with Crippen molar-refractivity contribution in [1.82, 2.24) is 19.8 Å². The molecule has 1 heterocycles. The summed E-state index contributed by atoms with van der Waals surface area (Å²) in [5.74, 6) is 0.491. The van der Waals surface area contributed by atoms with Gasteiger partial charge in [0.25, 0.3) is 0 Å². The number of benzene rings is 1. The van der Waals surface area contributed by atoms with Gasteiger partial charge in [-0.2, -0.15) is 0 Å². The first-order chi connectivity index (χ1) is 11.0. The molecule has 0 bridgehead atoms. The minimum atomic E-state index is -0.239. The Bertz CT molecular complexity index is 654. The number of imidazole rings is 1. The van der Waals surface area contributed by atoms with Gasteiger partial charge in [-0.05, 0) is 26.8 Å². The minimum Gasteiger partial charge on any atom is -0.338 e. The third kappa shape index (κ3) is 4.31. The van der Waals surface area contributed by atoms with Gasteiger partial charge in [-0.25, -0.2) is 14.2 Å². The second kappa shape index (κ2) is 7.76. The van der Waals surface area contributed by atoms with E-state index in [9.17, 15) is 9.18 Å². The van der Waals surface area contributed by atoms with Gasteiger partial charge in [0.2, 0.25) is 0 Å². The summed E-state index contributed by atoms with van der Waals surface area (Å²) >= 11 is 0. The van der Waals surface area contributed by atoms with Crippen molar-refractivity contribution >= 4 is 6.03 Å². The van der Waals surface area contributed by atoms with Crippen LogP contribution in [-0.4, -0.2) is 33.1 Å². The van der Waals surface area contributed by atoms with Crippen molar-refractivity contribution < 1.29 is 9.18 Å². The van der Waals surface area contributed by atoms with E-state index in [-0.39, 0.29) is 17.9 Å². The third-order valence-corrected chi connectivity index (χ3v) is 3.62. The molecule has 6 heteroatoms. The number of carbonyl (C=O) groups excluding carboxylic acids is 1. The fourth-order valence-electron chi connectivity index (χ4n) is 2.34. The standard InChI is InChI=1S/C17H23FN4O/c1-4-19-17(23)22(13(2)3)12-16-20-9-10-21(16)11-14-7-5-6-8-15(14)18/h5-10,13H,4,11-12H2,1-3H3,(H,19,23). The Kier molecular flexibility index (Phi) is 5.73. The highest BCUT2D eigenvalue weighted by Gasteiger charge is 2.19. The first-order valence-corrected chi connectivity index (χ1v) is 7.80. The lowest BCUT2D eigenvalue weighted by Crippen LogP contribution is -2.43. The number of urea groups is 1. The normalized spacial score (nSPS) is 10.8. The molecule has 0 aliphatic rings. The lowest BCUT2D eigenvalue weighted by atomic mass is 10.2. The number of nitrogens with zero attached hydrogens (tertiary/aromatic N) is 3. The molecule has 124 valence electrons. The number of halogens is 1. The first-order valence-electron chi connectivity index (χ1n) is 7.80. The molecule has 2 rings (SSSR count). The van der Waals surface area contributed by atoms with E-state index in [1.807, 2.05) is 31.4 Å². The Hall–Kier alpha value is -2.37. The fraction of sp³-hybridized carbons (Fsp3) is 0.412. The highest BCUT2D eigenvalue weighted by Crippen LogP contribution is 2.12. The lowest BCUT2D eigenvalue weighted by Gasteiger charge is -2.26. The third-order valence-electron chi connectivity index (χ3n) is 3.62. The number of rotatable bonds is 6. The van der Waals surface area contributed by atoms with Crippen LogP contribution in [0.5, 0.6) is 0 Å². The highest BCUT2D eigenvalue weighted by molar-refractivity contribution is 5.74. The summed E-state index contributed by atoms with van der Waals surface area (Å²) in [6.45, 7) is 7.15. The van der Waals surface area contributed by atoms with Gasteiger partial charge in [-0.15, -0.1) is 0 Å². The van der Waals surface area contributed by atoms with Gasteiger partial charge in [0.1, 0.15) is 11.6 Å². The van der Waals surface area contributed by atoms with Crippen molar-refractivity contribution in [3.05, 3.63) is 53.9 Å². The molecular weight excluding hydrogens is 295 g/mol. The van der Waals surface area contributed by atoms with E-state index >= 15 is 0 Å². The summed E-state index contributed by atoms with van der Waals surface area (Å²) in [7, 11) is 0. The van der Waals surface area contributed by atoms with Gasteiger partial charge < -0.3 is 14.8 Å². The van der Waals surface area contributed by atoms with Crippen molar-refractivity contribution in [2.75, 3.05) is 6.54 Å². The summed E-state index contributed by atoms with van der Waals surface area (Å²) in [4.78, 5) is 18.2. The minimum absolute atomic E-state index is 0.0418. The molecule has 0 fully saturated rings. The maximum absolute atomic E-state index is 13.8. The Morgan fingerprint density at radius 2 is 2.13 bits per heavy atom. The van der Waals surface area contributed by atoms with Gasteiger partial charge in [-0.1, -0.05) is 18.2 Å². The van der Waals surface area contributed by atoms with Gasteiger partial charge in [-0.3, -0.25) is 0 Å². The molecule has 0 saturated carbocycles. The molecule has 1 aromatic carbocycles. The highest BCUT2D eigenvalue weighted by atomic mass is 19.1. The van der Waals surface area contributed by atoms with E-state index in [2.05, 4.69) is 10.3 Å². The molecule has 2 aromatic rings. The van der Waals surface area contributed by atoms with Crippen LogP contribution in [0.2, 0.25) is 0 Å². The predicted octanol–water partition coefficient (Wildman–Crippen LogP) is 3.01. The zero-order chi connectivity index (χ0) is 16.8. The second-order valence-electron chi connectivity index (χ2n) is 5.62. The molecule has 0 spiro atoms. The fourth-order valence-corrected chi connectivity index (χ4v) is 2.34. The summed E-state index contributed by atoms with van der Waals surface area (Å²) in [5, 5.41) is 2.81. The van der Waals surface area contributed by atoms with Crippen LogP contribution in [0.15, 0.2) is 36.7 Å². The largest absolute Gasteiger partial charge is 0.338 e. The van der Waals surface area contributed by atoms with Crippen LogP contribution < -0.4 is 5.32 Å². The Labute approximate surface area is 136 Å². The number of nitrogens with one attached hydrogen (secondary N) is 1. The predicted molar refractivity (Wildman–Crippen MR) is 87.5 cm³/mol. The zero-order valence-corrected chi connectivity index (χ0v) is 13.8. The van der Waals surface area contributed by atoms with Crippen LogP contribution in [0.1, 0.15) is 32.2 Å². The van der Waals surface area contributed by atoms with E-state index < -0.39 is 0 Å². The monoisotopic (exact) mass is 318 g/mol. The van der Waals surface area contributed by atoms with Crippen LogP contribution in [0.4, 0.5) is 9.18 Å². The molecule has 1 aromatic heterocycles. The SMILES string of the molecule is CCNC(=O)N(Cc1nccn1Cc1ccccc1F)C(C)C. The van der Waals surface area contributed by atoms with Crippen LogP contribution >= 0.6 is 0 Å². The van der Waals surface area contributed by atoms with E-state index in [0.29, 0.717) is 25.2 Å². The Morgan fingerprint density at radius 3 is 2.78 bits per heavy atom. The molecule has 0 aliphatic carbocycles. The quantitative estimate of drug-likeness (QED) is 0.890. The number of hydrogen-bond donors (Lipinski definition) is 1. The molecule has 0 saturated heterocycles. The van der Waals surface area contributed by atoms with Crippen LogP contribution in [-0.2, 0) is 13.1 Å². The molecule has 0 unspecified atom stereocenters. The molecular formula is C17H23FN4O. The molecule has 23 heavy (non-hydrogen) atoms. The topological polar surface area (TPSA) is 50.2 Å². The van der Waals surface area contributed by atoms with Crippen LogP contribution in [0.3, 0.4) is 0 Å². The molecule has 0 aliphatic heterocycles. The second-order valence-corrected chi connectivity index (χ2v) is 5.62. The van der Waals surface area contributed by atoms with Crippen molar-refractivity contribution in [3.8, 4) is 0 Å². The van der Waals surface area contributed by atoms with Crippen molar-refractivity contribution in [1.29, 1.82) is 0 Å². The van der Waals surface area contributed by atoms with E-state index in [4.69, 9.17) is 0 Å². The molecule has 5 nitrogen and oxygen atoms in total. The number of aromatic nitrogens is 2. The maximum atomic E-state index is 13.8. The number of carbonyl (C=O) groups is 1. The summed E-state index contributed by atoms with van der Waals surface area (Å²) in [6, 6.07) is 6.60. The van der Waals surface area contributed by atoms with Gasteiger partial charge >= 0.3 is 6.03 Å². The van der Waals surface area contributed by atoms with Crippen molar-refractivity contribution in [2.45, 2.75) is 39.9 Å². The lowest BCUT2D eigenvalue weighted by molar-refractivity contribution is 0.177. The van der Waals surface area contributed by atoms with Gasteiger partial charge in [0.15, 0.2) is 0 Å². The zero-order valence-electron chi connectivity index (χ0n) is 13.8. The average molecular weight is 318 g/mol. The van der Waals surface area contributed by atoms with Gasteiger partial charge in [0, 0.05) is 30.5 Å². The molecule has 2 amide bonds. The number of amides is 2. The Balaban J connectivity index is 2.16. The van der Waals surface area contributed by atoms with Gasteiger partial charge in [0.05, 0.1) is 13.1 Å². The summed E-state index contributed by atoms with van der Waals surface area (Å²) < 4.78 is 15.7. The van der Waals surface area contributed by atoms with Crippen molar-refractivity contribution in [2.24, 2.45) is 0 Å². The maximum Gasteiger partial charge on any atom is 0.318 e. The van der Waals surface area contributed by atoms with E-state index in [1.165, 1.54) is 6.07 Å². The summed E-state index contributed by atoms with van der Waals surface area (Å²) in [5.41, 5.74) is 0.598. The molecule has 0 atom stereocenters. The van der Waals surface area contributed by atoms with Crippen LogP contribution in [0, 0.1) is 5.82 Å². The smallest absolute Gasteiger partial charge is 0.318 e. The average Bonchev–Trinajstić information content (AvgIpc) is 2.94. The molecule has 1 N–H and O–H groups in total. The number of hydrogen-bond acceptors (Lipinski definition) is 2. The van der Waals surface area contributed by atoms with Crippen molar-refractivity contribution in [3.63, 3.8) is 0 Å². The van der Waals surface area contributed by atoms with E-state index in [0.717, 1.165) is 5.82 Å².